The summed E-state index contributed by atoms with van der Waals surface area (Å²) in [6.07, 6.45) is -1.37. The Balaban J connectivity index is 1.86. The maximum atomic E-state index is 12.0. The average Bonchev–Trinajstić information content (AvgIpc) is 3.01. The molecule has 1 amide bonds. The number of carbonyl (C=O) groups excluding carboxylic acids is 1. The molecule has 0 aliphatic rings. The van der Waals surface area contributed by atoms with Gasteiger partial charge in [0.25, 0.3) is 5.91 Å². The summed E-state index contributed by atoms with van der Waals surface area (Å²) < 4.78 is 5.63. The highest BCUT2D eigenvalue weighted by Gasteiger charge is 2.17. The fourth-order valence-electron chi connectivity index (χ4n) is 1.91. The van der Waals surface area contributed by atoms with E-state index in [9.17, 15) is 9.90 Å². The molecule has 2 unspecified atom stereocenters. The summed E-state index contributed by atoms with van der Waals surface area (Å²) in [5.74, 6) is 0.342. The molecule has 0 bridgehead atoms. The number of carbonyl (C=O) groups is 1. The molecule has 2 aromatic rings. The Bertz CT molecular complexity index is 630. The number of hydrogen-bond donors (Lipinski definition) is 2. The molecular weight excluding hydrogens is 322 g/mol. The molecule has 0 radical (unpaired) electrons. The van der Waals surface area contributed by atoms with Crippen molar-refractivity contribution < 1.29 is 14.6 Å². The average molecular weight is 340 g/mol. The van der Waals surface area contributed by atoms with Crippen molar-refractivity contribution in [2.45, 2.75) is 26.1 Å². The van der Waals surface area contributed by atoms with Crippen LogP contribution in [0.1, 0.15) is 24.2 Å². The van der Waals surface area contributed by atoms with Crippen molar-refractivity contribution in [1.29, 1.82) is 0 Å². The Hall–Kier alpha value is -1.56. The molecule has 1 heterocycles. The lowest BCUT2D eigenvalue weighted by molar-refractivity contribution is -0.127. The first kappa shape index (κ1) is 16.8. The number of aliphatic hydroxyl groups is 1. The van der Waals surface area contributed by atoms with E-state index < -0.39 is 12.2 Å². The number of rotatable bonds is 6. The summed E-state index contributed by atoms with van der Waals surface area (Å²) in [6.45, 7) is 3.69. The molecule has 4 nitrogen and oxygen atoms in total. The topological polar surface area (TPSA) is 58.6 Å². The van der Waals surface area contributed by atoms with Crippen LogP contribution < -0.4 is 10.1 Å². The van der Waals surface area contributed by atoms with Crippen molar-refractivity contribution in [1.82, 2.24) is 5.32 Å². The van der Waals surface area contributed by atoms with Crippen LogP contribution >= 0.6 is 22.9 Å². The van der Waals surface area contributed by atoms with Gasteiger partial charge in [0.1, 0.15) is 5.75 Å². The van der Waals surface area contributed by atoms with Gasteiger partial charge in [-0.05, 0) is 60.0 Å². The minimum absolute atomic E-state index is 0.156. The molecule has 2 N–H and O–H groups in total. The molecule has 1 aromatic carbocycles. The minimum atomic E-state index is -0.709. The van der Waals surface area contributed by atoms with Gasteiger partial charge in [-0.15, -0.1) is 0 Å². The highest BCUT2D eigenvalue weighted by atomic mass is 35.5. The molecule has 2 atom stereocenters. The molecule has 0 aliphatic carbocycles. The van der Waals surface area contributed by atoms with Crippen LogP contribution in [-0.4, -0.2) is 23.7 Å². The summed E-state index contributed by atoms with van der Waals surface area (Å²) in [6, 6.07) is 7.07. The number of hydrogen-bond acceptors (Lipinski definition) is 4. The molecule has 0 fully saturated rings. The first-order valence-electron chi connectivity index (χ1n) is 6.88. The lowest BCUT2D eigenvalue weighted by Gasteiger charge is -2.17. The second-order valence-electron chi connectivity index (χ2n) is 4.99. The number of benzene rings is 1. The summed E-state index contributed by atoms with van der Waals surface area (Å²) in [5.41, 5.74) is 1.66. The Morgan fingerprint density at radius 1 is 1.45 bits per heavy atom. The Labute approximate surface area is 138 Å². The third kappa shape index (κ3) is 4.47. The van der Waals surface area contributed by atoms with Crippen LogP contribution in [0, 0.1) is 6.92 Å². The lowest BCUT2D eigenvalue weighted by atomic mass is 10.2. The van der Waals surface area contributed by atoms with Gasteiger partial charge in [-0.3, -0.25) is 4.79 Å². The van der Waals surface area contributed by atoms with Gasteiger partial charge in [-0.2, -0.15) is 11.3 Å². The van der Waals surface area contributed by atoms with Gasteiger partial charge in [0.15, 0.2) is 6.10 Å². The second kappa shape index (κ2) is 7.63. The van der Waals surface area contributed by atoms with Crippen LogP contribution in [-0.2, 0) is 4.79 Å². The normalized spacial score (nSPS) is 13.5. The number of aliphatic hydroxyl groups excluding tert-OH is 1. The quantitative estimate of drug-likeness (QED) is 0.848. The monoisotopic (exact) mass is 339 g/mol. The van der Waals surface area contributed by atoms with E-state index in [2.05, 4.69) is 5.32 Å². The molecule has 6 heteroatoms. The van der Waals surface area contributed by atoms with Crippen LogP contribution in [0.3, 0.4) is 0 Å². The van der Waals surface area contributed by atoms with Gasteiger partial charge in [0.2, 0.25) is 0 Å². The highest BCUT2D eigenvalue weighted by molar-refractivity contribution is 7.07. The maximum absolute atomic E-state index is 12.0. The first-order valence-corrected chi connectivity index (χ1v) is 8.20. The van der Waals surface area contributed by atoms with E-state index in [1.165, 1.54) is 11.3 Å². The van der Waals surface area contributed by atoms with E-state index in [0.29, 0.717) is 10.8 Å². The van der Waals surface area contributed by atoms with Gasteiger partial charge >= 0.3 is 0 Å². The van der Waals surface area contributed by atoms with Crippen LogP contribution in [0.15, 0.2) is 35.0 Å². The Kier molecular flexibility index (Phi) is 5.83. The number of amides is 1. The third-order valence-corrected chi connectivity index (χ3v) is 4.14. The predicted molar refractivity (Wildman–Crippen MR) is 88.6 cm³/mol. The molecule has 1 aromatic heterocycles. The van der Waals surface area contributed by atoms with Crippen molar-refractivity contribution in [2.24, 2.45) is 0 Å². The van der Waals surface area contributed by atoms with Crippen molar-refractivity contribution in [3.8, 4) is 5.75 Å². The van der Waals surface area contributed by atoms with Crippen LogP contribution in [0.2, 0.25) is 5.02 Å². The van der Waals surface area contributed by atoms with Crippen molar-refractivity contribution in [2.75, 3.05) is 6.54 Å². The van der Waals surface area contributed by atoms with Crippen LogP contribution in [0.5, 0.6) is 5.75 Å². The van der Waals surface area contributed by atoms with E-state index >= 15 is 0 Å². The van der Waals surface area contributed by atoms with E-state index in [4.69, 9.17) is 16.3 Å². The maximum Gasteiger partial charge on any atom is 0.260 e. The van der Waals surface area contributed by atoms with Gasteiger partial charge < -0.3 is 15.2 Å². The zero-order valence-electron chi connectivity index (χ0n) is 12.4. The van der Waals surface area contributed by atoms with Crippen LogP contribution in [0.4, 0.5) is 0 Å². The Morgan fingerprint density at radius 3 is 2.86 bits per heavy atom. The number of thiophene rings is 1. The van der Waals surface area contributed by atoms with Crippen molar-refractivity contribution in [3.05, 3.63) is 51.2 Å². The first-order chi connectivity index (χ1) is 10.5. The molecule has 22 heavy (non-hydrogen) atoms. The smallest absolute Gasteiger partial charge is 0.260 e. The summed E-state index contributed by atoms with van der Waals surface area (Å²) >= 11 is 7.39. The number of halogens is 1. The minimum Gasteiger partial charge on any atom is -0.481 e. The molecule has 0 aliphatic heterocycles. The second-order valence-corrected chi connectivity index (χ2v) is 6.20. The zero-order valence-corrected chi connectivity index (χ0v) is 13.9. The van der Waals surface area contributed by atoms with E-state index in [1.54, 1.807) is 25.1 Å². The zero-order chi connectivity index (χ0) is 16.1. The van der Waals surface area contributed by atoms with Crippen LogP contribution in [0.25, 0.3) is 0 Å². The Morgan fingerprint density at radius 2 is 2.23 bits per heavy atom. The van der Waals surface area contributed by atoms with Gasteiger partial charge in [0, 0.05) is 11.6 Å². The summed E-state index contributed by atoms with van der Waals surface area (Å²) in [4.78, 5) is 12.0. The lowest BCUT2D eigenvalue weighted by Crippen LogP contribution is -2.38. The standard InChI is InChI=1S/C16H18ClNO3S/c1-10-7-13(17)3-4-15(10)21-11(2)16(20)18-8-14(19)12-5-6-22-9-12/h3-7,9,11,14,19H,8H2,1-2H3,(H,18,20). The predicted octanol–water partition coefficient (Wildman–Crippen LogP) is 3.33. The SMILES string of the molecule is Cc1cc(Cl)ccc1OC(C)C(=O)NCC(O)c1ccsc1. The summed E-state index contributed by atoms with van der Waals surface area (Å²) in [7, 11) is 0. The van der Waals surface area contributed by atoms with E-state index in [1.807, 2.05) is 23.8 Å². The largest absolute Gasteiger partial charge is 0.481 e. The fraction of sp³-hybridized carbons (Fsp3) is 0.312. The molecular formula is C16H18ClNO3S. The van der Waals surface area contributed by atoms with E-state index in [-0.39, 0.29) is 12.5 Å². The van der Waals surface area contributed by atoms with Gasteiger partial charge in [-0.25, -0.2) is 0 Å². The van der Waals surface area contributed by atoms with E-state index in [0.717, 1.165) is 11.1 Å². The van der Waals surface area contributed by atoms with Gasteiger partial charge in [0.05, 0.1) is 6.10 Å². The number of nitrogens with one attached hydrogen (secondary N) is 1. The molecule has 0 spiro atoms. The van der Waals surface area contributed by atoms with Crippen molar-refractivity contribution in [3.63, 3.8) is 0 Å². The molecule has 118 valence electrons. The summed E-state index contributed by atoms with van der Waals surface area (Å²) in [5, 5.41) is 17.0. The molecule has 0 saturated carbocycles. The number of aryl methyl sites for hydroxylation is 1. The molecule has 0 saturated heterocycles. The number of ether oxygens (including phenoxy) is 1. The van der Waals surface area contributed by atoms with Gasteiger partial charge in [-0.1, -0.05) is 11.6 Å². The third-order valence-electron chi connectivity index (χ3n) is 3.21. The highest BCUT2D eigenvalue weighted by Crippen LogP contribution is 2.23. The molecule has 2 rings (SSSR count). The fourth-order valence-corrected chi connectivity index (χ4v) is 2.85. The van der Waals surface area contributed by atoms with Crippen molar-refractivity contribution >= 4 is 28.8 Å².